The lowest BCUT2D eigenvalue weighted by molar-refractivity contribution is -0.116. The van der Waals surface area contributed by atoms with Gasteiger partial charge in [-0.05, 0) is 24.1 Å². The molecule has 0 saturated carbocycles. The minimum Gasteiger partial charge on any atom is -0.325 e. The summed E-state index contributed by atoms with van der Waals surface area (Å²) in [5.74, 6) is -0.366. The molecule has 21 heavy (non-hydrogen) atoms. The third-order valence-corrected chi connectivity index (χ3v) is 3.79. The number of benzene rings is 2. The van der Waals surface area contributed by atoms with Gasteiger partial charge in [-0.1, -0.05) is 42.5 Å². The number of anilines is 1. The summed E-state index contributed by atoms with van der Waals surface area (Å²) in [7, 11) is -4.86. The number of carbonyl (C=O) groups is 1. The number of amides is 1. The lowest BCUT2D eigenvalue weighted by atomic mass is 10.1. The molecule has 6 heteroatoms. The third kappa shape index (κ3) is 4.39. The fourth-order valence-electron chi connectivity index (χ4n) is 1.90. The number of hydrogen-bond donors (Lipinski definition) is 1. The summed E-state index contributed by atoms with van der Waals surface area (Å²) in [6, 6.07) is 14.8. The van der Waals surface area contributed by atoms with Crippen LogP contribution in [0.2, 0.25) is 0 Å². The lowest BCUT2D eigenvalue weighted by Crippen LogP contribution is -2.14. The van der Waals surface area contributed by atoms with Crippen LogP contribution in [0, 0.1) is 0 Å². The van der Waals surface area contributed by atoms with E-state index in [1.54, 1.807) is 0 Å². The van der Waals surface area contributed by atoms with Crippen LogP contribution in [0.15, 0.2) is 59.5 Å². The number of nitrogens with one attached hydrogen (secondary N) is 1. The molecule has 0 fully saturated rings. The predicted molar refractivity (Wildman–Crippen MR) is 78.1 cm³/mol. The Hall–Kier alpha value is -2.21. The van der Waals surface area contributed by atoms with E-state index >= 15 is 0 Å². The topological polar surface area (TPSA) is 63.2 Å². The third-order valence-electron chi connectivity index (χ3n) is 2.91. The Bertz CT molecular complexity index is 730. The van der Waals surface area contributed by atoms with Crippen molar-refractivity contribution >= 4 is 21.8 Å². The number of para-hydroxylation sites is 1. The standard InChI is InChI=1S/C15H14FNO3S/c16-21(19,20)14-9-5-4-8-13(14)17-15(18)11-10-12-6-2-1-3-7-12/h1-9H,10-11H2,(H,17,18). The van der Waals surface area contributed by atoms with Crippen molar-refractivity contribution in [1.82, 2.24) is 0 Å². The predicted octanol–water partition coefficient (Wildman–Crippen LogP) is 2.92. The molecule has 4 nitrogen and oxygen atoms in total. The van der Waals surface area contributed by atoms with Crippen molar-refractivity contribution in [2.75, 3.05) is 5.32 Å². The second-order valence-electron chi connectivity index (χ2n) is 4.47. The van der Waals surface area contributed by atoms with Gasteiger partial charge in [0.25, 0.3) is 0 Å². The van der Waals surface area contributed by atoms with Gasteiger partial charge in [-0.15, -0.1) is 3.89 Å². The first-order valence-electron chi connectivity index (χ1n) is 6.34. The Morgan fingerprint density at radius 1 is 1.00 bits per heavy atom. The molecule has 0 radical (unpaired) electrons. The van der Waals surface area contributed by atoms with Crippen molar-refractivity contribution in [2.24, 2.45) is 0 Å². The Balaban J connectivity index is 2.04. The van der Waals surface area contributed by atoms with Crippen LogP contribution in [-0.2, 0) is 21.4 Å². The van der Waals surface area contributed by atoms with Gasteiger partial charge in [0.15, 0.2) is 0 Å². The van der Waals surface area contributed by atoms with E-state index in [9.17, 15) is 17.1 Å². The highest BCUT2D eigenvalue weighted by Crippen LogP contribution is 2.22. The number of hydrogen-bond acceptors (Lipinski definition) is 3. The summed E-state index contributed by atoms with van der Waals surface area (Å²) in [5, 5.41) is 2.43. The van der Waals surface area contributed by atoms with Gasteiger partial charge in [-0.2, -0.15) is 8.42 Å². The molecule has 0 bridgehead atoms. The summed E-state index contributed by atoms with van der Waals surface area (Å²) in [6.45, 7) is 0. The van der Waals surface area contributed by atoms with Crippen LogP contribution in [-0.4, -0.2) is 14.3 Å². The average Bonchev–Trinajstić information content (AvgIpc) is 2.46. The van der Waals surface area contributed by atoms with E-state index in [-0.39, 0.29) is 18.0 Å². The van der Waals surface area contributed by atoms with Gasteiger partial charge in [0.1, 0.15) is 4.90 Å². The van der Waals surface area contributed by atoms with Gasteiger partial charge in [0.05, 0.1) is 5.69 Å². The number of aryl methyl sites for hydroxylation is 1. The molecule has 0 atom stereocenters. The molecule has 0 heterocycles. The second kappa shape index (κ2) is 6.49. The number of halogens is 1. The van der Waals surface area contributed by atoms with E-state index in [1.165, 1.54) is 18.2 Å². The first-order chi connectivity index (χ1) is 9.97. The van der Waals surface area contributed by atoms with Crippen molar-refractivity contribution < 1.29 is 17.1 Å². The van der Waals surface area contributed by atoms with E-state index in [1.807, 2.05) is 30.3 Å². The molecule has 0 aliphatic heterocycles. The van der Waals surface area contributed by atoms with Crippen molar-refractivity contribution in [3.63, 3.8) is 0 Å². The molecular weight excluding hydrogens is 293 g/mol. The summed E-state index contributed by atoms with van der Waals surface area (Å²) < 4.78 is 35.1. The molecule has 2 aromatic rings. The van der Waals surface area contributed by atoms with Gasteiger partial charge in [-0.25, -0.2) is 0 Å². The molecular formula is C15H14FNO3S. The SMILES string of the molecule is O=C(CCc1ccccc1)Nc1ccccc1S(=O)(=O)F. The molecule has 0 aliphatic rings. The zero-order chi connectivity index (χ0) is 15.3. The first-order valence-corrected chi connectivity index (χ1v) is 7.72. The molecule has 0 aromatic heterocycles. The summed E-state index contributed by atoms with van der Waals surface area (Å²) in [4.78, 5) is 11.3. The largest absolute Gasteiger partial charge is 0.334 e. The second-order valence-corrected chi connectivity index (χ2v) is 5.78. The van der Waals surface area contributed by atoms with Gasteiger partial charge >= 0.3 is 10.2 Å². The van der Waals surface area contributed by atoms with E-state index < -0.39 is 15.1 Å². The zero-order valence-corrected chi connectivity index (χ0v) is 11.9. The van der Waals surface area contributed by atoms with Crippen LogP contribution in [0.5, 0.6) is 0 Å². The van der Waals surface area contributed by atoms with Crippen LogP contribution < -0.4 is 5.32 Å². The quantitative estimate of drug-likeness (QED) is 0.864. The molecule has 0 saturated heterocycles. The smallest absolute Gasteiger partial charge is 0.325 e. The highest BCUT2D eigenvalue weighted by Gasteiger charge is 2.17. The van der Waals surface area contributed by atoms with E-state index in [0.29, 0.717) is 6.42 Å². The minimum absolute atomic E-state index is 0.0435. The number of rotatable bonds is 5. The van der Waals surface area contributed by atoms with Crippen molar-refractivity contribution in [2.45, 2.75) is 17.7 Å². The molecule has 2 rings (SSSR count). The van der Waals surface area contributed by atoms with Crippen LogP contribution in [0.4, 0.5) is 9.57 Å². The van der Waals surface area contributed by atoms with E-state index in [2.05, 4.69) is 5.32 Å². The van der Waals surface area contributed by atoms with Gasteiger partial charge < -0.3 is 5.32 Å². The maximum Gasteiger partial charge on any atom is 0.334 e. The Kier molecular flexibility index (Phi) is 4.70. The van der Waals surface area contributed by atoms with Crippen LogP contribution >= 0.6 is 0 Å². The highest BCUT2D eigenvalue weighted by molar-refractivity contribution is 7.86. The van der Waals surface area contributed by atoms with Gasteiger partial charge in [0, 0.05) is 6.42 Å². The average molecular weight is 307 g/mol. The molecule has 1 amide bonds. The zero-order valence-electron chi connectivity index (χ0n) is 11.1. The maximum atomic E-state index is 13.1. The minimum atomic E-state index is -4.86. The van der Waals surface area contributed by atoms with E-state index in [0.717, 1.165) is 11.6 Å². The van der Waals surface area contributed by atoms with Crippen molar-refractivity contribution in [3.8, 4) is 0 Å². The summed E-state index contributed by atoms with van der Waals surface area (Å²) in [5.41, 5.74) is 0.956. The molecule has 1 N–H and O–H groups in total. The molecule has 0 aliphatic carbocycles. The molecule has 110 valence electrons. The Morgan fingerprint density at radius 3 is 2.29 bits per heavy atom. The van der Waals surface area contributed by atoms with Crippen LogP contribution in [0.25, 0.3) is 0 Å². The maximum absolute atomic E-state index is 13.1. The first kappa shape index (κ1) is 15.2. The van der Waals surface area contributed by atoms with Gasteiger partial charge in [0.2, 0.25) is 5.91 Å². The fourth-order valence-corrected chi connectivity index (χ4v) is 2.52. The fraction of sp³-hybridized carbons (Fsp3) is 0.133. The Morgan fingerprint density at radius 2 is 1.62 bits per heavy atom. The number of carbonyl (C=O) groups excluding carboxylic acids is 1. The summed E-state index contributed by atoms with van der Waals surface area (Å²) >= 11 is 0. The summed E-state index contributed by atoms with van der Waals surface area (Å²) in [6.07, 6.45) is 0.710. The molecule has 0 unspecified atom stereocenters. The van der Waals surface area contributed by atoms with Gasteiger partial charge in [-0.3, -0.25) is 4.79 Å². The monoisotopic (exact) mass is 307 g/mol. The highest BCUT2D eigenvalue weighted by atomic mass is 32.3. The Labute approximate surface area is 122 Å². The van der Waals surface area contributed by atoms with Crippen LogP contribution in [0.3, 0.4) is 0 Å². The normalized spacial score (nSPS) is 11.1. The van der Waals surface area contributed by atoms with Crippen LogP contribution in [0.1, 0.15) is 12.0 Å². The van der Waals surface area contributed by atoms with Crippen molar-refractivity contribution in [3.05, 3.63) is 60.2 Å². The molecule has 0 spiro atoms. The van der Waals surface area contributed by atoms with Crippen molar-refractivity contribution in [1.29, 1.82) is 0 Å². The molecule has 2 aromatic carbocycles. The van der Waals surface area contributed by atoms with E-state index in [4.69, 9.17) is 0 Å². The lowest BCUT2D eigenvalue weighted by Gasteiger charge is -2.08.